The first kappa shape index (κ1) is 19.8. The van der Waals surface area contributed by atoms with Crippen LogP contribution in [0.5, 0.6) is 0 Å². The van der Waals surface area contributed by atoms with Crippen molar-refractivity contribution in [2.45, 2.75) is 11.4 Å². The summed E-state index contributed by atoms with van der Waals surface area (Å²) in [5, 5.41) is -0.228. The standard InChI is InChI=1S/C17H18ClFN2O5S/c1-25-17(22)16-5-2-12(26-16)11-20-6-8-21(9-7-20)27(23,24)13-3-4-15(19)14(18)10-13/h2-5,10H,6-9,11H2,1H3. The van der Waals surface area contributed by atoms with Gasteiger partial charge in [0.15, 0.2) is 0 Å². The number of hydrogen-bond donors (Lipinski definition) is 0. The predicted octanol–water partition coefficient (Wildman–Crippen LogP) is 2.37. The Kier molecular flexibility index (Phi) is 5.85. The van der Waals surface area contributed by atoms with Crippen LogP contribution in [0.4, 0.5) is 4.39 Å². The lowest BCUT2D eigenvalue weighted by molar-refractivity contribution is 0.0560. The lowest BCUT2D eigenvalue weighted by Crippen LogP contribution is -2.48. The summed E-state index contributed by atoms with van der Waals surface area (Å²) in [7, 11) is -2.46. The number of halogens is 2. The van der Waals surface area contributed by atoms with Gasteiger partial charge in [-0.2, -0.15) is 4.31 Å². The molecule has 1 aromatic heterocycles. The zero-order valence-corrected chi connectivity index (χ0v) is 16.1. The monoisotopic (exact) mass is 416 g/mol. The summed E-state index contributed by atoms with van der Waals surface area (Å²) < 4.78 is 50.0. The van der Waals surface area contributed by atoms with E-state index in [1.807, 2.05) is 4.90 Å². The van der Waals surface area contributed by atoms with Gasteiger partial charge in [0.1, 0.15) is 11.6 Å². The first-order valence-electron chi connectivity index (χ1n) is 8.16. The molecule has 27 heavy (non-hydrogen) atoms. The highest BCUT2D eigenvalue weighted by Crippen LogP contribution is 2.23. The molecule has 0 saturated carbocycles. The van der Waals surface area contributed by atoms with E-state index in [2.05, 4.69) is 4.74 Å². The Morgan fingerprint density at radius 1 is 1.22 bits per heavy atom. The van der Waals surface area contributed by atoms with Crippen LogP contribution >= 0.6 is 11.6 Å². The van der Waals surface area contributed by atoms with Gasteiger partial charge in [-0.25, -0.2) is 17.6 Å². The summed E-state index contributed by atoms with van der Waals surface area (Å²) in [5.41, 5.74) is 0. The molecule has 3 rings (SSSR count). The van der Waals surface area contributed by atoms with Crippen molar-refractivity contribution in [1.82, 2.24) is 9.21 Å². The van der Waals surface area contributed by atoms with E-state index < -0.39 is 21.8 Å². The fourth-order valence-electron chi connectivity index (χ4n) is 2.81. The number of rotatable bonds is 5. The highest BCUT2D eigenvalue weighted by atomic mass is 35.5. The molecule has 146 valence electrons. The van der Waals surface area contributed by atoms with E-state index in [0.29, 0.717) is 25.4 Å². The number of nitrogens with zero attached hydrogens (tertiary/aromatic N) is 2. The largest absolute Gasteiger partial charge is 0.463 e. The lowest BCUT2D eigenvalue weighted by atomic mass is 10.3. The molecule has 1 aromatic carbocycles. The summed E-state index contributed by atoms with van der Waals surface area (Å²) in [4.78, 5) is 13.4. The van der Waals surface area contributed by atoms with Gasteiger partial charge in [0.2, 0.25) is 15.8 Å². The quantitative estimate of drug-likeness (QED) is 0.696. The number of carbonyl (C=O) groups is 1. The summed E-state index contributed by atoms with van der Waals surface area (Å²) in [6, 6.07) is 6.60. The maximum atomic E-state index is 13.3. The Morgan fingerprint density at radius 2 is 1.93 bits per heavy atom. The molecule has 0 N–H and O–H groups in total. The van der Waals surface area contributed by atoms with E-state index in [1.54, 1.807) is 12.1 Å². The minimum Gasteiger partial charge on any atom is -0.463 e. The number of esters is 1. The van der Waals surface area contributed by atoms with Gasteiger partial charge in [-0.15, -0.1) is 0 Å². The highest BCUT2D eigenvalue weighted by Gasteiger charge is 2.29. The van der Waals surface area contributed by atoms with Crippen molar-refractivity contribution in [1.29, 1.82) is 0 Å². The van der Waals surface area contributed by atoms with E-state index in [1.165, 1.54) is 17.5 Å². The van der Waals surface area contributed by atoms with Crippen LogP contribution in [0.1, 0.15) is 16.3 Å². The minimum atomic E-state index is -3.74. The van der Waals surface area contributed by atoms with E-state index in [0.717, 1.165) is 12.1 Å². The van der Waals surface area contributed by atoms with Gasteiger partial charge < -0.3 is 9.15 Å². The van der Waals surface area contributed by atoms with Gasteiger partial charge in [-0.3, -0.25) is 4.90 Å². The van der Waals surface area contributed by atoms with Gasteiger partial charge >= 0.3 is 5.97 Å². The van der Waals surface area contributed by atoms with Crippen molar-refractivity contribution in [2.75, 3.05) is 33.3 Å². The average Bonchev–Trinajstić information content (AvgIpc) is 3.12. The van der Waals surface area contributed by atoms with E-state index in [-0.39, 0.29) is 28.8 Å². The molecule has 1 aliphatic heterocycles. The molecule has 2 heterocycles. The Labute approximate surface area is 161 Å². The molecule has 10 heteroatoms. The maximum Gasteiger partial charge on any atom is 0.373 e. The van der Waals surface area contributed by atoms with Crippen molar-refractivity contribution < 1.29 is 26.8 Å². The Balaban J connectivity index is 1.62. The van der Waals surface area contributed by atoms with Crippen LogP contribution in [0, 0.1) is 5.82 Å². The van der Waals surface area contributed by atoms with Crippen molar-refractivity contribution in [3.05, 3.63) is 52.7 Å². The molecule has 1 fully saturated rings. The van der Waals surface area contributed by atoms with Crippen molar-refractivity contribution in [3.63, 3.8) is 0 Å². The third-order valence-electron chi connectivity index (χ3n) is 4.29. The molecule has 0 amide bonds. The van der Waals surface area contributed by atoms with E-state index in [9.17, 15) is 17.6 Å². The molecular formula is C17H18ClFN2O5S. The number of carbonyl (C=O) groups excluding carboxylic acids is 1. The third kappa shape index (κ3) is 4.32. The van der Waals surface area contributed by atoms with E-state index in [4.69, 9.17) is 16.0 Å². The predicted molar refractivity (Wildman–Crippen MR) is 95.5 cm³/mol. The summed E-state index contributed by atoms with van der Waals surface area (Å²) in [6.45, 7) is 1.99. The number of piperazine rings is 1. The van der Waals surface area contributed by atoms with Crippen LogP contribution in [0.3, 0.4) is 0 Å². The molecule has 0 radical (unpaired) electrons. The molecular weight excluding hydrogens is 399 g/mol. The molecule has 0 atom stereocenters. The molecule has 7 nitrogen and oxygen atoms in total. The Bertz CT molecular complexity index is 939. The first-order valence-corrected chi connectivity index (χ1v) is 9.97. The third-order valence-corrected chi connectivity index (χ3v) is 6.47. The van der Waals surface area contributed by atoms with Crippen LogP contribution in [0.15, 0.2) is 39.6 Å². The fourth-order valence-corrected chi connectivity index (χ4v) is 4.50. The van der Waals surface area contributed by atoms with Crippen LogP contribution in [-0.2, 0) is 21.3 Å². The number of benzene rings is 1. The van der Waals surface area contributed by atoms with Gasteiger partial charge in [0.05, 0.1) is 23.6 Å². The maximum absolute atomic E-state index is 13.3. The average molecular weight is 417 g/mol. The number of furan rings is 1. The SMILES string of the molecule is COC(=O)c1ccc(CN2CCN(S(=O)(=O)c3ccc(F)c(Cl)c3)CC2)o1. The van der Waals surface area contributed by atoms with Crippen molar-refractivity contribution in [3.8, 4) is 0 Å². The fraction of sp³-hybridized carbons (Fsp3) is 0.353. The summed E-state index contributed by atoms with van der Waals surface area (Å²) in [6.07, 6.45) is 0. The molecule has 0 unspecified atom stereocenters. The zero-order chi connectivity index (χ0) is 19.6. The number of ether oxygens (including phenoxy) is 1. The smallest absolute Gasteiger partial charge is 0.373 e. The van der Waals surface area contributed by atoms with Crippen LogP contribution < -0.4 is 0 Å². The van der Waals surface area contributed by atoms with Crippen LogP contribution in [0.2, 0.25) is 5.02 Å². The normalized spacial score (nSPS) is 16.4. The second kappa shape index (κ2) is 7.97. The summed E-state index contributed by atoms with van der Waals surface area (Å²) in [5.74, 6) is -0.487. The molecule has 1 saturated heterocycles. The van der Waals surface area contributed by atoms with Gasteiger partial charge in [-0.05, 0) is 30.3 Å². The number of methoxy groups -OCH3 is 1. The molecule has 0 spiro atoms. The minimum absolute atomic E-state index is 0.0314. The van der Waals surface area contributed by atoms with E-state index >= 15 is 0 Å². The van der Waals surface area contributed by atoms with Crippen LogP contribution in [0.25, 0.3) is 0 Å². The first-order chi connectivity index (χ1) is 12.8. The lowest BCUT2D eigenvalue weighted by Gasteiger charge is -2.33. The second-order valence-electron chi connectivity index (χ2n) is 6.01. The Hall–Kier alpha value is -1.94. The van der Waals surface area contributed by atoms with Gasteiger partial charge in [0, 0.05) is 26.2 Å². The molecule has 0 aliphatic carbocycles. The van der Waals surface area contributed by atoms with Crippen LogP contribution in [-0.4, -0.2) is 56.9 Å². The highest BCUT2D eigenvalue weighted by molar-refractivity contribution is 7.89. The van der Waals surface area contributed by atoms with Gasteiger partial charge in [0.25, 0.3) is 0 Å². The van der Waals surface area contributed by atoms with Crippen molar-refractivity contribution >= 4 is 27.6 Å². The van der Waals surface area contributed by atoms with Crippen molar-refractivity contribution in [2.24, 2.45) is 0 Å². The Morgan fingerprint density at radius 3 is 2.56 bits per heavy atom. The second-order valence-corrected chi connectivity index (χ2v) is 8.36. The molecule has 1 aliphatic rings. The number of hydrogen-bond acceptors (Lipinski definition) is 6. The van der Waals surface area contributed by atoms with Gasteiger partial charge in [-0.1, -0.05) is 11.6 Å². The molecule has 0 bridgehead atoms. The number of sulfonamides is 1. The topological polar surface area (TPSA) is 80.1 Å². The summed E-state index contributed by atoms with van der Waals surface area (Å²) >= 11 is 5.70. The molecule has 2 aromatic rings. The zero-order valence-electron chi connectivity index (χ0n) is 14.5.